The van der Waals surface area contributed by atoms with Crippen molar-refractivity contribution in [2.24, 2.45) is 0 Å². The summed E-state index contributed by atoms with van der Waals surface area (Å²) in [5.74, 6) is -0.430. The van der Waals surface area contributed by atoms with Crippen molar-refractivity contribution in [3.63, 3.8) is 0 Å². The van der Waals surface area contributed by atoms with E-state index in [0.29, 0.717) is 22.6 Å². The van der Waals surface area contributed by atoms with Crippen LogP contribution < -0.4 is 4.74 Å². The molecule has 6 heteroatoms. The van der Waals surface area contributed by atoms with Crippen molar-refractivity contribution >= 4 is 11.9 Å². The average molecular weight is 418 g/mol. The minimum atomic E-state index is -0.475. The molecule has 2 aromatic rings. The average Bonchev–Trinajstić information content (AvgIpc) is 2.75. The van der Waals surface area contributed by atoms with Gasteiger partial charge in [-0.1, -0.05) is 36.4 Å². The number of amides is 1. The lowest BCUT2D eigenvalue weighted by atomic mass is 9.83. The van der Waals surface area contributed by atoms with Crippen molar-refractivity contribution in [2.75, 3.05) is 7.11 Å². The molecule has 0 radical (unpaired) electrons. The molecule has 1 amide bonds. The smallest absolute Gasteiger partial charge is 0.336 e. The molecule has 1 aliphatic rings. The molecule has 0 fully saturated rings. The Hall–Kier alpha value is -3.59. The van der Waals surface area contributed by atoms with Crippen LogP contribution in [0, 0.1) is 11.3 Å². The van der Waals surface area contributed by atoms with Crippen molar-refractivity contribution in [3.05, 3.63) is 76.5 Å². The third-order valence-electron chi connectivity index (χ3n) is 5.37. The van der Waals surface area contributed by atoms with E-state index >= 15 is 0 Å². The number of hydrogen-bond acceptors (Lipinski definition) is 5. The van der Waals surface area contributed by atoms with Crippen LogP contribution in [-0.4, -0.2) is 30.0 Å². The van der Waals surface area contributed by atoms with Gasteiger partial charge in [0.1, 0.15) is 5.75 Å². The molecule has 1 aliphatic heterocycles. The summed E-state index contributed by atoms with van der Waals surface area (Å²) in [5, 5.41) is 9.41. The lowest BCUT2D eigenvalue weighted by Gasteiger charge is -2.35. The second kappa shape index (κ2) is 9.48. The van der Waals surface area contributed by atoms with E-state index in [1.54, 1.807) is 44.9 Å². The molecule has 0 saturated heterocycles. The van der Waals surface area contributed by atoms with Crippen molar-refractivity contribution in [1.29, 1.82) is 5.26 Å². The molecule has 6 nitrogen and oxygen atoms in total. The summed E-state index contributed by atoms with van der Waals surface area (Å²) >= 11 is 0. The summed E-state index contributed by atoms with van der Waals surface area (Å²) in [4.78, 5) is 27.9. The van der Waals surface area contributed by atoms with Crippen molar-refractivity contribution < 1.29 is 19.1 Å². The standard InChI is InChI=1S/C25H26N2O4/c1-16(2)31-25(29)24-17(3)27(15-19-10-6-5-9-18(19)14-26)23(28)13-21(24)20-11-7-8-12-22(20)30-4/h5-12,16,21H,13,15H2,1-4H3. The second-order valence-electron chi connectivity index (χ2n) is 7.70. The minimum absolute atomic E-state index is 0.106. The fourth-order valence-corrected chi connectivity index (χ4v) is 3.90. The van der Waals surface area contributed by atoms with Gasteiger partial charge in [-0.05, 0) is 38.5 Å². The van der Waals surface area contributed by atoms with Gasteiger partial charge in [-0.15, -0.1) is 0 Å². The van der Waals surface area contributed by atoms with Gasteiger partial charge in [-0.25, -0.2) is 4.79 Å². The van der Waals surface area contributed by atoms with Crippen LogP contribution >= 0.6 is 0 Å². The molecule has 1 heterocycles. The quantitative estimate of drug-likeness (QED) is 0.653. The minimum Gasteiger partial charge on any atom is -0.496 e. The largest absolute Gasteiger partial charge is 0.496 e. The first-order valence-electron chi connectivity index (χ1n) is 10.2. The summed E-state index contributed by atoms with van der Waals surface area (Å²) < 4.78 is 11.0. The number of allylic oxidation sites excluding steroid dienone is 1. The topological polar surface area (TPSA) is 79.6 Å². The van der Waals surface area contributed by atoms with Crippen LogP contribution in [0.1, 0.15) is 49.8 Å². The van der Waals surface area contributed by atoms with E-state index in [4.69, 9.17) is 9.47 Å². The van der Waals surface area contributed by atoms with E-state index < -0.39 is 11.9 Å². The molecule has 0 aromatic heterocycles. The molecule has 0 spiro atoms. The molecule has 160 valence electrons. The van der Waals surface area contributed by atoms with Crippen LogP contribution in [-0.2, 0) is 20.9 Å². The highest BCUT2D eigenvalue weighted by Crippen LogP contribution is 2.41. The Balaban J connectivity index is 2.10. The Labute approximate surface area is 182 Å². The highest BCUT2D eigenvalue weighted by Gasteiger charge is 2.38. The van der Waals surface area contributed by atoms with Crippen LogP contribution in [0.2, 0.25) is 0 Å². The summed E-state index contributed by atoms with van der Waals surface area (Å²) in [6, 6.07) is 16.7. The Bertz CT molecular complexity index is 1070. The van der Waals surface area contributed by atoms with Gasteiger partial charge in [0.25, 0.3) is 0 Å². The van der Waals surface area contributed by atoms with Gasteiger partial charge < -0.3 is 14.4 Å². The maximum Gasteiger partial charge on any atom is 0.336 e. The van der Waals surface area contributed by atoms with Gasteiger partial charge >= 0.3 is 5.97 Å². The molecule has 31 heavy (non-hydrogen) atoms. The Morgan fingerprint density at radius 2 is 1.87 bits per heavy atom. The Morgan fingerprint density at radius 3 is 2.55 bits per heavy atom. The number of carbonyl (C=O) groups is 2. The molecule has 1 atom stereocenters. The highest BCUT2D eigenvalue weighted by molar-refractivity contribution is 5.96. The SMILES string of the molecule is COc1ccccc1C1CC(=O)N(Cc2ccccc2C#N)C(C)=C1C(=O)OC(C)C. The van der Waals surface area contributed by atoms with Crippen LogP contribution in [0.5, 0.6) is 5.75 Å². The van der Waals surface area contributed by atoms with Crippen LogP contribution in [0.4, 0.5) is 0 Å². The van der Waals surface area contributed by atoms with Gasteiger partial charge in [0.15, 0.2) is 0 Å². The monoisotopic (exact) mass is 418 g/mol. The van der Waals surface area contributed by atoms with Crippen LogP contribution in [0.15, 0.2) is 59.8 Å². The van der Waals surface area contributed by atoms with E-state index in [2.05, 4.69) is 6.07 Å². The van der Waals surface area contributed by atoms with Gasteiger partial charge in [0.05, 0.1) is 37.0 Å². The number of para-hydroxylation sites is 1. The third-order valence-corrected chi connectivity index (χ3v) is 5.37. The van der Waals surface area contributed by atoms with Gasteiger partial charge in [0.2, 0.25) is 5.91 Å². The molecule has 2 aromatic carbocycles. The molecule has 0 N–H and O–H groups in total. The van der Waals surface area contributed by atoms with Gasteiger partial charge in [-0.3, -0.25) is 4.79 Å². The fraction of sp³-hybridized carbons (Fsp3) is 0.320. The molecule has 0 aliphatic carbocycles. The summed E-state index contributed by atoms with van der Waals surface area (Å²) in [6.07, 6.45) is -0.189. The number of methoxy groups -OCH3 is 1. The van der Waals surface area contributed by atoms with E-state index in [1.165, 1.54) is 0 Å². The number of nitriles is 1. The first kappa shape index (κ1) is 22.1. The van der Waals surface area contributed by atoms with Crippen molar-refractivity contribution in [3.8, 4) is 11.8 Å². The second-order valence-corrected chi connectivity index (χ2v) is 7.70. The first-order chi connectivity index (χ1) is 14.9. The van der Waals surface area contributed by atoms with E-state index in [0.717, 1.165) is 11.1 Å². The van der Waals surface area contributed by atoms with Crippen molar-refractivity contribution in [1.82, 2.24) is 4.90 Å². The number of benzene rings is 2. The predicted molar refractivity (Wildman–Crippen MR) is 116 cm³/mol. The van der Waals surface area contributed by atoms with E-state index in [1.807, 2.05) is 36.4 Å². The lowest BCUT2D eigenvalue weighted by Crippen LogP contribution is -2.38. The maximum atomic E-state index is 13.2. The summed E-state index contributed by atoms with van der Waals surface area (Å²) in [7, 11) is 1.57. The predicted octanol–water partition coefficient (Wildman–Crippen LogP) is 4.31. The molecule has 0 bridgehead atoms. The van der Waals surface area contributed by atoms with Gasteiger partial charge in [0, 0.05) is 23.6 Å². The molecular formula is C25H26N2O4. The molecule has 3 rings (SSSR count). The number of rotatable bonds is 6. The number of esters is 1. The zero-order chi connectivity index (χ0) is 22.5. The maximum absolute atomic E-state index is 13.2. The molecule has 0 saturated carbocycles. The first-order valence-corrected chi connectivity index (χ1v) is 10.2. The lowest BCUT2D eigenvalue weighted by molar-refractivity contribution is -0.143. The number of hydrogen-bond donors (Lipinski definition) is 0. The third kappa shape index (κ3) is 4.61. The number of nitrogens with zero attached hydrogens (tertiary/aromatic N) is 2. The fourth-order valence-electron chi connectivity index (χ4n) is 3.90. The zero-order valence-corrected chi connectivity index (χ0v) is 18.2. The number of carbonyl (C=O) groups excluding carboxylic acids is 2. The Kier molecular flexibility index (Phi) is 6.76. The zero-order valence-electron chi connectivity index (χ0n) is 18.2. The van der Waals surface area contributed by atoms with Crippen LogP contribution in [0.25, 0.3) is 0 Å². The normalized spacial score (nSPS) is 16.3. The summed E-state index contributed by atoms with van der Waals surface area (Å²) in [6.45, 7) is 5.55. The Morgan fingerprint density at radius 1 is 1.19 bits per heavy atom. The summed E-state index contributed by atoms with van der Waals surface area (Å²) in [5.41, 5.74) is 2.97. The van der Waals surface area contributed by atoms with E-state index in [-0.39, 0.29) is 25.0 Å². The number of ether oxygens (including phenoxy) is 2. The van der Waals surface area contributed by atoms with Crippen molar-refractivity contribution in [2.45, 2.75) is 45.8 Å². The highest BCUT2D eigenvalue weighted by atomic mass is 16.5. The van der Waals surface area contributed by atoms with E-state index in [9.17, 15) is 14.9 Å². The molecule has 1 unspecified atom stereocenters. The van der Waals surface area contributed by atoms with Crippen LogP contribution in [0.3, 0.4) is 0 Å². The van der Waals surface area contributed by atoms with Gasteiger partial charge in [-0.2, -0.15) is 5.26 Å². The molecular weight excluding hydrogens is 392 g/mol.